The summed E-state index contributed by atoms with van der Waals surface area (Å²) >= 11 is 5.98. The van der Waals surface area contributed by atoms with Crippen LogP contribution in [0.4, 0.5) is 8.78 Å². The van der Waals surface area contributed by atoms with E-state index in [1.807, 2.05) is 0 Å². The fraction of sp³-hybridized carbons (Fsp3) is 0.278. The number of rotatable bonds is 6. The molecule has 2 rings (SSSR count). The van der Waals surface area contributed by atoms with Gasteiger partial charge in [-0.05, 0) is 42.3 Å². The van der Waals surface area contributed by atoms with Gasteiger partial charge in [-0.1, -0.05) is 17.7 Å². The minimum atomic E-state index is -0.906. The summed E-state index contributed by atoms with van der Waals surface area (Å²) in [5.41, 5.74) is 1.38. The Kier molecular flexibility index (Phi) is 6.15. The summed E-state index contributed by atoms with van der Waals surface area (Å²) in [7, 11) is 3.23. The second-order valence-electron chi connectivity index (χ2n) is 5.45. The van der Waals surface area contributed by atoms with Crippen molar-refractivity contribution in [2.75, 3.05) is 14.2 Å². The van der Waals surface area contributed by atoms with Crippen molar-refractivity contribution >= 4 is 17.5 Å². The van der Waals surface area contributed by atoms with E-state index in [9.17, 15) is 13.6 Å². The molecule has 0 aliphatic heterocycles. The number of amides is 1. The number of ether oxygens (including phenoxy) is 1. The molecule has 2 aromatic rings. The van der Waals surface area contributed by atoms with Crippen LogP contribution in [0.1, 0.15) is 17.5 Å². The van der Waals surface area contributed by atoms with E-state index in [1.165, 1.54) is 6.07 Å². The number of carbonyl (C=O) groups excluding carboxylic acids is 1. The lowest BCUT2D eigenvalue weighted by Crippen LogP contribution is -2.26. The average molecular weight is 354 g/mol. The zero-order valence-electron chi connectivity index (χ0n) is 13.5. The molecule has 0 heterocycles. The van der Waals surface area contributed by atoms with Crippen LogP contribution in [0.5, 0.6) is 5.75 Å². The highest BCUT2D eigenvalue weighted by Crippen LogP contribution is 2.24. The standard InChI is InChI=1S/C18H18ClF2NO2/c1-22(11-13-10-14(19)5-7-17(13)24-2)18(23)8-4-12-3-6-15(20)16(21)9-12/h3,5-7,9-10H,4,8,11H2,1-2H3. The number of methoxy groups -OCH3 is 1. The molecule has 0 saturated carbocycles. The van der Waals surface area contributed by atoms with Crippen LogP contribution in [-0.2, 0) is 17.8 Å². The summed E-state index contributed by atoms with van der Waals surface area (Å²) in [6.45, 7) is 0.348. The summed E-state index contributed by atoms with van der Waals surface area (Å²) in [5, 5.41) is 0.563. The van der Waals surface area contributed by atoms with Gasteiger partial charge in [-0.25, -0.2) is 8.78 Å². The maximum Gasteiger partial charge on any atom is 0.222 e. The Labute approximate surface area is 144 Å². The molecule has 0 atom stereocenters. The Hall–Kier alpha value is -2.14. The average Bonchev–Trinajstić information content (AvgIpc) is 2.55. The Morgan fingerprint density at radius 3 is 2.58 bits per heavy atom. The number of benzene rings is 2. The largest absolute Gasteiger partial charge is 0.496 e. The molecule has 0 aromatic heterocycles. The normalized spacial score (nSPS) is 10.5. The van der Waals surface area contributed by atoms with Gasteiger partial charge in [0, 0.05) is 30.6 Å². The number of halogens is 3. The lowest BCUT2D eigenvalue weighted by molar-refractivity contribution is -0.130. The van der Waals surface area contributed by atoms with E-state index in [-0.39, 0.29) is 12.3 Å². The monoisotopic (exact) mass is 353 g/mol. The van der Waals surface area contributed by atoms with Crippen molar-refractivity contribution in [1.82, 2.24) is 4.90 Å². The van der Waals surface area contributed by atoms with Crippen molar-refractivity contribution in [3.8, 4) is 5.75 Å². The minimum Gasteiger partial charge on any atom is -0.496 e. The number of hydrogen-bond donors (Lipinski definition) is 0. The summed E-state index contributed by atoms with van der Waals surface area (Å²) in [4.78, 5) is 13.8. The van der Waals surface area contributed by atoms with Gasteiger partial charge in [-0.15, -0.1) is 0 Å². The van der Waals surface area contributed by atoms with Crippen LogP contribution in [0.25, 0.3) is 0 Å². The van der Waals surface area contributed by atoms with Gasteiger partial charge in [-0.3, -0.25) is 4.79 Å². The molecular formula is C18H18ClF2NO2. The van der Waals surface area contributed by atoms with Crippen LogP contribution in [0.15, 0.2) is 36.4 Å². The smallest absolute Gasteiger partial charge is 0.222 e. The van der Waals surface area contributed by atoms with Crippen LogP contribution in [0, 0.1) is 11.6 Å². The van der Waals surface area contributed by atoms with Crippen molar-refractivity contribution in [1.29, 1.82) is 0 Å². The molecule has 6 heteroatoms. The number of hydrogen-bond acceptors (Lipinski definition) is 2. The van der Waals surface area contributed by atoms with Gasteiger partial charge < -0.3 is 9.64 Å². The third-order valence-corrected chi connectivity index (χ3v) is 3.92. The molecule has 0 N–H and O–H groups in total. The van der Waals surface area contributed by atoms with Crippen molar-refractivity contribution in [2.45, 2.75) is 19.4 Å². The highest BCUT2D eigenvalue weighted by Gasteiger charge is 2.13. The predicted octanol–water partition coefficient (Wildman–Crippen LogP) is 4.22. The Morgan fingerprint density at radius 2 is 1.92 bits per heavy atom. The summed E-state index contributed by atoms with van der Waals surface area (Å²) in [6.07, 6.45) is 0.539. The van der Waals surface area contributed by atoms with Gasteiger partial charge >= 0.3 is 0 Å². The Balaban J connectivity index is 1.97. The van der Waals surface area contributed by atoms with E-state index in [4.69, 9.17) is 16.3 Å². The lowest BCUT2D eigenvalue weighted by Gasteiger charge is -2.19. The molecule has 0 unspecified atom stereocenters. The molecule has 0 fully saturated rings. The first-order valence-electron chi connectivity index (χ1n) is 7.41. The quantitative estimate of drug-likeness (QED) is 0.778. The number of carbonyl (C=O) groups is 1. The summed E-state index contributed by atoms with van der Waals surface area (Å²) in [5.74, 6) is -1.26. The maximum atomic E-state index is 13.2. The first-order valence-corrected chi connectivity index (χ1v) is 7.79. The van der Waals surface area contributed by atoms with E-state index >= 15 is 0 Å². The molecule has 128 valence electrons. The maximum absolute atomic E-state index is 13.2. The van der Waals surface area contributed by atoms with Crippen LogP contribution in [-0.4, -0.2) is 25.0 Å². The molecule has 1 amide bonds. The lowest BCUT2D eigenvalue weighted by atomic mass is 10.1. The molecule has 3 nitrogen and oxygen atoms in total. The van der Waals surface area contributed by atoms with E-state index in [2.05, 4.69) is 0 Å². The molecule has 24 heavy (non-hydrogen) atoms. The first-order chi connectivity index (χ1) is 11.4. The fourth-order valence-electron chi connectivity index (χ4n) is 2.35. The van der Waals surface area contributed by atoms with Gasteiger partial charge in [0.15, 0.2) is 11.6 Å². The second-order valence-corrected chi connectivity index (χ2v) is 5.89. The molecular weight excluding hydrogens is 336 g/mol. The molecule has 0 saturated heterocycles. The molecule has 0 bridgehead atoms. The molecule has 0 aliphatic carbocycles. The minimum absolute atomic E-state index is 0.109. The second kappa shape index (κ2) is 8.11. The van der Waals surface area contributed by atoms with Gasteiger partial charge in [0.25, 0.3) is 0 Å². The summed E-state index contributed by atoms with van der Waals surface area (Å²) in [6, 6.07) is 8.87. The molecule has 2 aromatic carbocycles. The van der Waals surface area contributed by atoms with Crippen LogP contribution in [0.3, 0.4) is 0 Å². The van der Waals surface area contributed by atoms with E-state index < -0.39 is 11.6 Å². The Morgan fingerprint density at radius 1 is 1.17 bits per heavy atom. The van der Waals surface area contributed by atoms with E-state index in [1.54, 1.807) is 37.3 Å². The van der Waals surface area contributed by atoms with E-state index in [0.717, 1.165) is 17.7 Å². The zero-order valence-corrected chi connectivity index (χ0v) is 14.2. The van der Waals surface area contributed by atoms with Crippen LogP contribution < -0.4 is 4.74 Å². The summed E-state index contributed by atoms with van der Waals surface area (Å²) < 4.78 is 31.3. The molecule has 0 aliphatic rings. The van der Waals surface area contributed by atoms with Crippen molar-refractivity contribution in [3.63, 3.8) is 0 Å². The number of aryl methyl sites for hydroxylation is 1. The number of nitrogens with zero attached hydrogens (tertiary/aromatic N) is 1. The van der Waals surface area contributed by atoms with Crippen molar-refractivity contribution in [3.05, 3.63) is 64.2 Å². The highest BCUT2D eigenvalue weighted by atomic mass is 35.5. The van der Waals surface area contributed by atoms with Crippen LogP contribution in [0.2, 0.25) is 5.02 Å². The SMILES string of the molecule is COc1ccc(Cl)cc1CN(C)C(=O)CCc1ccc(F)c(F)c1. The first kappa shape index (κ1) is 18.2. The topological polar surface area (TPSA) is 29.5 Å². The van der Waals surface area contributed by atoms with Crippen molar-refractivity contribution < 1.29 is 18.3 Å². The van der Waals surface area contributed by atoms with Crippen molar-refractivity contribution in [2.24, 2.45) is 0 Å². The third-order valence-electron chi connectivity index (χ3n) is 3.69. The van der Waals surface area contributed by atoms with Crippen LogP contribution >= 0.6 is 11.6 Å². The van der Waals surface area contributed by atoms with Gasteiger partial charge in [0.2, 0.25) is 5.91 Å². The fourth-order valence-corrected chi connectivity index (χ4v) is 2.55. The Bertz CT molecular complexity index is 737. The van der Waals surface area contributed by atoms with E-state index in [0.29, 0.717) is 29.3 Å². The van der Waals surface area contributed by atoms with Gasteiger partial charge in [0.1, 0.15) is 5.75 Å². The van der Waals surface area contributed by atoms with Gasteiger partial charge in [-0.2, -0.15) is 0 Å². The van der Waals surface area contributed by atoms with Gasteiger partial charge in [0.05, 0.1) is 7.11 Å². The third kappa shape index (κ3) is 4.68. The molecule has 0 radical (unpaired) electrons. The molecule has 0 spiro atoms. The zero-order chi connectivity index (χ0) is 17.7. The predicted molar refractivity (Wildman–Crippen MR) is 89.2 cm³/mol. The highest BCUT2D eigenvalue weighted by molar-refractivity contribution is 6.30.